The predicted octanol–water partition coefficient (Wildman–Crippen LogP) is 5.36. The van der Waals surface area contributed by atoms with Gasteiger partial charge in [0, 0.05) is 11.5 Å². The Morgan fingerprint density at radius 2 is 1.48 bits per heavy atom. The molecule has 1 aliphatic carbocycles. The van der Waals surface area contributed by atoms with E-state index in [4.69, 9.17) is 4.42 Å². The molecule has 0 saturated carbocycles. The lowest BCUT2D eigenvalue weighted by atomic mass is 9.85. The Hall–Kier alpha value is -2.54. The van der Waals surface area contributed by atoms with Crippen LogP contribution < -0.4 is 0 Å². The summed E-state index contributed by atoms with van der Waals surface area (Å²) in [5.74, 6) is 1.30. The number of furan rings is 1. The van der Waals surface area contributed by atoms with Crippen LogP contribution in [0, 0.1) is 0 Å². The average molecular weight is 272 g/mol. The van der Waals surface area contributed by atoms with Gasteiger partial charge in [-0.2, -0.15) is 0 Å². The Bertz CT molecular complexity index is 794. The minimum absolute atomic E-state index is 0.266. The molecule has 0 radical (unpaired) electrons. The summed E-state index contributed by atoms with van der Waals surface area (Å²) < 4.78 is 5.73. The smallest absolute Gasteiger partial charge is 0.134 e. The molecule has 3 aromatic rings. The van der Waals surface area contributed by atoms with E-state index in [1.807, 2.05) is 0 Å². The maximum absolute atomic E-state index is 5.73. The van der Waals surface area contributed by atoms with Gasteiger partial charge >= 0.3 is 0 Å². The van der Waals surface area contributed by atoms with E-state index in [0.29, 0.717) is 0 Å². The first-order valence-electron chi connectivity index (χ1n) is 7.25. The van der Waals surface area contributed by atoms with Crippen LogP contribution in [0.5, 0.6) is 0 Å². The third-order valence-corrected chi connectivity index (χ3v) is 4.26. The van der Waals surface area contributed by atoms with Crippen molar-refractivity contribution in [2.45, 2.75) is 12.8 Å². The molecule has 0 N–H and O–H groups in total. The van der Waals surface area contributed by atoms with Gasteiger partial charge in [0.2, 0.25) is 0 Å². The van der Waals surface area contributed by atoms with Crippen molar-refractivity contribution in [3.8, 4) is 0 Å². The monoisotopic (exact) mass is 272 g/mol. The van der Waals surface area contributed by atoms with Crippen LogP contribution in [0.15, 0.2) is 77.4 Å². The van der Waals surface area contributed by atoms with Crippen molar-refractivity contribution in [2.75, 3.05) is 0 Å². The molecule has 1 aromatic heterocycles. The number of benzene rings is 2. The van der Waals surface area contributed by atoms with Gasteiger partial charge in [-0.3, -0.25) is 0 Å². The van der Waals surface area contributed by atoms with E-state index in [1.165, 1.54) is 27.8 Å². The fourth-order valence-electron chi connectivity index (χ4n) is 3.34. The zero-order valence-electron chi connectivity index (χ0n) is 11.9. The number of fused-ring (bicyclic) bond motifs is 1. The maximum atomic E-state index is 5.73. The average Bonchev–Trinajstić information content (AvgIpc) is 3.11. The first-order valence-corrected chi connectivity index (χ1v) is 7.25. The molecular weight excluding hydrogens is 256 g/mol. The summed E-state index contributed by atoms with van der Waals surface area (Å²) in [6.45, 7) is 2.16. The summed E-state index contributed by atoms with van der Waals surface area (Å²) >= 11 is 0. The molecule has 1 nitrogen and oxygen atoms in total. The molecule has 0 spiro atoms. The molecule has 0 amide bonds. The quantitative estimate of drug-likeness (QED) is 0.612. The zero-order valence-corrected chi connectivity index (χ0v) is 11.9. The van der Waals surface area contributed by atoms with Gasteiger partial charge < -0.3 is 4.42 Å². The second-order valence-corrected chi connectivity index (χ2v) is 5.45. The van der Waals surface area contributed by atoms with Crippen LogP contribution in [-0.4, -0.2) is 0 Å². The van der Waals surface area contributed by atoms with Gasteiger partial charge in [-0.15, -0.1) is 0 Å². The van der Waals surface area contributed by atoms with Crippen LogP contribution in [0.1, 0.15) is 35.3 Å². The summed E-state index contributed by atoms with van der Waals surface area (Å²) in [7, 11) is 0. The largest absolute Gasteiger partial charge is 0.464 e. The number of hydrogen-bond acceptors (Lipinski definition) is 1. The highest BCUT2D eigenvalue weighted by Gasteiger charge is 2.33. The van der Waals surface area contributed by atoms with E-state index < -0.39 is 0 Å². The second kappa shape index (κ2) is 4.78. The van der Waals surface area contributed by atoms with Crippen LogP contribution in [-0.2, 0) is 0 Å². The molecule has 1 heteroatoms. The van der Waals surface area contributed by atoms with Gasteiger partial charge in [0.25, 0.3) is 0 Å². The minimum atomic E-state index is 0.266. The third-order valence-electron chi connectivity index (χ3n) is 4.26. The van der Waals surface area contributed by atoms with Crippen molar-refractivity contribution in [1.82, 2.24) is 0 Å². The standard InChI is InChI=1S/C20H16O/c1-14-18(15-8-4-2-5-9-15)19(16-10-6-3-7-11-16)17-12-13-21-20(14)17/h2-13,19H,1H3. The van der Waals surface area contributed by atoms with E-state index in [-0.39, 0.29) is 5.92 Å². The van der Waals surface area contributed by atoms with Crippen LogP contribution in [0.3, 0.4) is 0 Å². The predicted molar refractivity (Wildman–Crippen MR) is 85.9 cm³/mol. The summed E-state index contributed by atoms with van der Waals surface area (Å²) in [4.78, 5) is 0. The molecule has 1 heterocycles. The first-order chi connectivity index (χ1) is 10.4. The number of allylic oxidation sites excluding steroid dienone is 2. The van der Waals surface area contributed by atoms with Crippen molar-refractivity contribution in [3.63, 3.8) is 0 Å². The molecule has 0 saturated heterocycles. The molecule has 1 atom stereocenters. The van der Waals surface area contributed by atoms with Gasteiger partial charge in [-0.25, -0.2) is 0 Å². The highest BCUT2D eigenvalue weighted by Crippen LogP contribution is 2.50. The van der Waals surface area contributed by atoms with Crippen molar-refractivity contribution >= 4 is 11.1 Å². The molecular formula is C20H16O. The van der Waals surface area contributed by atoms with E-state index in [2.05, 4.69) is 73.7 Å². The van der Waals surface area contributed by atoms with Crippen molar-refractivity contribution in [3.05, 3.63) is 95.4 Å². The normalized spacial score (nSPS) is 17.1. The molecule has 1 aliphatic rings. The summed E-state index contributed by atoms with van der Waals surface area (Å²) in [6, 6.07) is 23.4. The lowest BCUT2D eigenvalue weighted by Gasteiger charge is -2.17. The SMILES string of the molecule is CC1=C(c2ccccc2)C(c2ccccc2)c2ccoc21. The van der Waals surface area contributed by atoms with Crippen molar-refractivity contribution in [1.29, 1.82) is 0 Å². The third kappa shape index (κ3) is 1.85. The van der Waals surface area contributed by atoms with E-state index in [1.54, 1.807) is 6.26 Å². The highest BCUT2D eigenvalue weighted by molar-refractivity contribution is 5.98. The Kier molecular flexibility index (Phi) is 2.78. The Morgan fingerprint density at radius 1 is 0.810 bits per heavy atom. The summed E-state index contributed by atoms with van der Waals surface area (Å²) in [5.41, 5.74) is 6.47. The van der Waals surface area contributed by atoms with Gasteiger partial charge in [-0.1, -0.05) is 60.7 Å². The van der Waals surface area contributed by atoms with E-state index in [0.717, 1.165) is 5.76 Å². The van der Waals surface area contributed by atoms with Crippen LogP contribution >= 0.6 is 0 Å². The molecule has 1 unspecified atom stereocenters. The molecule has 0 bridgehead atoms. The van der Waals surface area contributed by atoms with Gasteiger partial charge in [0.05, 0.1) is 6.26 Å². The van der Waals surface area contributed by atoms with Gasteiger partial charge in [-0.05, 0) is 35.3 Å². The topological polar surface area (TPSA) is 13.1 Å². The van der Waals surface area contributed by atoms with E-state index >= 15 is 0 Å². The second-order valence-electron chi connectivity index (χ2n) is 5.45. The molecule has 2 aromatic carbocycles. The molecule has 0 fully saturated rings. The Morgan fingerprint density at radius 3 is 2.19 bits per heavy atom. The van der Waals surface area contributed by atoms with Crippen LogP contribution in [0.2, 0.25) is 0 Å². The van der Waals surface area contributed by atoms with Crippen molar-refractivity contribution in [2.24, 2.45) is 0 Å². The number of rotatable bonds is 2. The minimum Gasteiger partial charge on any atom is -0.464 e. The Labute approximate surface area is 124 Å². The van der Waals surface area contributed by atoms with Gasteiger partial charge in [0.1, 0.15) is 5.76 Å². The lowest BCUT2D eigenvalue weighted by molar-refractivity contribution is 0.551. The van der Waals surface area contributed by atoms with Crippen LogP contribution in [0.25, 0.3) is 11.1 Å². The fourth-order valence-corrected chi connectivity index (χ4v) is 3.34. The Balaban J connectivity index is 1.95. The summed E-state index contributed by atoms with van der Waals surface area (Å²) in [5, 5.41) is 0. The highest BCUT2D eigenvalue weighted by atomic mass is 16.3. The van der Waals surface area contributed by atoms with Crippen molar-refractivity contribution < 1.29 is 4.42 Å². The zero-order chi connectivity index (χ0) is 14.2. The van der Waals surface area contributed by atoms with Crippen LogP contribution in [0.4, 0.5) is 0 Å². The number of hydrogen-bond donors (Lipinski definition) is 0. The molecule has 102 valence electrons. The fraction of sp³-hybridized carbons (Fsp3) is 0.100. The summed E-state index contributed by atoms with van der Waals surface area (Å²) in [6.07, 6.45) is 1.80. The molecule has 0 aliphatic heterocycles. The van der Waals surface area contributed by atoms with E-state index in [9.17, 15) is 0 Å². The van der Waals surface area contributed by atoms with Gasteiger partial charge in [0.15, 0.2) is 0 Å². The molecule has 4 rings (SSSR count). The maximum Gasteiger partial charge on any atom is 0.134 e. The molecule has 21 heavy (non-hydrogen) atoms. The first kappa shape index (κ1) is 12.2. The lowest BCUT2D eigenvalue weighted by Crippen LogP contribution is -2.00.